The molecule has 2 aliphatic heterocycles. The summed E-state index contributed by atoms with van der Waals surface area (Å²) in [6, 6.07) is 25.1. The summed E-state index contributed by atoms with van der Waals surface area (Å²) in [6.45, 7) is 5.17. The largest absolute Gasteiger partial charge is 0.478 e. The van der Waals surface area contributed by atoms with Crippen LogP contribution in [-0.4, -0.2) is 77.3 Å². The summed E-state index contributed by atoms with van der Waals surface area (Å²) >= 11 is 8.19. The smallest absolute Gasteiger partial charge is 0.328 e. The summed E-state index contributed by atoms with van der Waals surface area (Å²) in [5.41, 5.74) is 3.72. The van der Waals surface area contributed by atoms with E-state index in [4.69, 9.17) is 26.6 Å². The number of carboxylic acid groups (broad SMARTS) is 2. The molecule has 5 rings (SSSR count). The minimum Gasteiger partial charge on any atom is -0.478 e. The molecule has 1 unspecified atom stereocenters. The SMILES string of the molecule is O=C(Cc1ccccc1)OCCN1CCN(C2Cc3cc(Cl)ccc3Sc3ccccc32)CC1.O=C(O)/C=C\C(=O)O. The molecule has 1 fully saturated rings. The maximum atomic E-state index is 12.1. The topological polar surface area (TPSA) is 107 Å². The second-order valence-corrected chi connectivity index (χ2v) is 11.4. The van der Waals surface area contributed by atoms with Crippen LogP contribution in [0.3, 0.4) is 0 Å². The molecule has 1 atom stereocenters. The lowest BCUT2D eigenvalue weighted by molar-refractivity contribution is -0.143. The van der Waals surface area contributed by atoms with Gasteiger partial charge in [-0.05, 0) is 47.4 Å². The Hall–Kier alpha value is -3.63. The van der Waals surface area contributed by atoms with Gasteiger partial charge in [0.2, 0.25) is 0 Å². The molecular weight excluding hydrogens is 576 g/mol. The van der Waals surface area contributed by atoms with E-state index in [1.807, 2.05) is 48.2 Å². The van der Waals surface area contributed by atoms with Crippen LogP contribution in [0.15, 0.2) is 94.7 Å². The van der Waals surface area contributed by atoms with Crippen molar-refractivity contribution in [3.63, 3.8) is 0 Å². The zero-order valence-electron chi connectivity index (χ0n) is 23.0. The van der Waals surface area contributed by atoms with Gasteiger partial charge in [-0.2, -0.15) is 0 Å². The number of benzene rings is 3. The number of carboxylic acids is 2. The highest BCUT2D eigenvalue weighted by atomic mass is 35.5. The number of esters is 1. The third-order valence-electron chi connectivity index (χ3n) is 7.01. The normalized spacial score (nSPS) is 16.8. The highest BCUT2D eigenvalue weighted by molar-refractivity contribution is 7.99. The molecule has 1 saturated heterocycles. The predicted molar refractivity (Wildman–Crippen MR) is 162 cm³/mol. The molecule has 2 aliphatic rings. The number of halogens is 1. The molecule has 8 nitrogen and oxygen atoms in total. The van der Waals surface area contributed by atoms with Gasteiger partial charge in [-0.1, -0.05) is 71.9 Å². The van der Waals surface area contributed by atoms with Crippen LogP contribution in [0, 0.1) is 0 Å². The monoisotopic (exact) mass is 608 g/mol. The van der Waals surface area contributed by atoms with Crippen molar-refractivity contribution in [2.24, 2.45) is 0 Å². The van der Waals surface area contributed by atoms with Crippen molar-refractivity contribution in [1.29, 1.82) is 0 Å². The molecule has 220 valence electrons. The molecule has 0 radical (unpaired) electrons. The van der Waals surface area contributed by atoms with Crippen LogP contribution in [0.4, 0.5) is 0 Å². The van der Waals surface area contributed by atoms with Gasteiger partial charge in [0, 0.05) is 65.7 Å². The first kappa shape index (κ1) is 31.3. The summed E-state index contributed by atoms with van der Waals surface area (Å²) in [7, 11) is 0. The van der Waals surface area contributed by atoms with Crippen LogP contribution < -0.4 is 0 Å². The van der Waals surface area contributed by atoms with Gasteiger partial charge >= 0.3 is 17.9 Å². The number of rotatable bonds is 8. The average molecular weight is 609 g/mol. The van der Waals surface area contributed by atoms with Crippen molar-refractivity contribution in [2.45, 2.75) is 28.7 Å². The Bertz CT molecular complexity index is 1390. The number of carbonyl (C=O) groups is 3. The molecule has 2 heterocycles. The van der Waals surface area contributed by atoms with Gasteiger partial charge in [-0.3, -0.25) is 14.6 Å². The first-order valence-electron chi connectivity index (χ1n) is 13.6. The van der Waals surface area contributed by atoms with Crippen LogP contribution in [0.1, 0.15) is 22.7 Å². The molecular formula is C32H33ClN2O6S. The summed E-state index contributed by atoms with van der Waals surface area (Å²) in [4.78, 5) is 38.9. The lowest BCUT2D eigenvalue weighted by Crippen LogP contribution is -2.48. The summed E-state index contributed by atoms with van der Waals surface area (Å²) in [6.07, 6.45) is 2.42. The minimum absolute atomic E-state index is 0.158. The van der Waals surface area contributed by atoms with E-state index < -0.39 is 11.9 Å². The summed E-state index contributed by atoms with van der Waals surface area (Å²) < 4.78 is 5.50. The van der Waals surface area contributed by atoms with Crippen molar-refractivity contribution < 1.29 is 29.3 Å². The maximum absolute atomic E-state index is 12.1. The summed E-state index contributed by atoms with van der Waals surface area (Å²) in [5, 5.41) is 16.4. The highest BCUT2D eigenvalue weighted by Crippen LogP contribution is 2.43. The van der Waals surface area contributed by atoms with E-state index in [0.29, 0.717) is 31.2 Å². The maximum Gasteiger partial charge on any atom is 0.328 e. The van der Waals surface area contributed by atoms with Gasteiger partial charge in [-0.25, -0.2) is 9.59 Å². The molecule has 3 aromatic carbocycles. The molecule has 3 aromatic rings. The number of nitrogens with zero attached hydrogens (tertiary/aromatic N) is 2. The zero-order chi connectivity index (χ0) is 29.9. The Morgan fingerprint density at radius 2 is 1.55 bits per heavy atom. The average Bonchev–Trinajstić information content (AvgIpc) is 3.14. The van der Waals surface area contributed by atoms with E-state index in [1.54, 1.807) is 0 Å². The number of aliphatic carboxylic acids is 2. The molecule has 0 spiro atoms. The molecule has 42 heavy (non-hydrogen) atoms. The Kier molecular flexibility index (Phi) is 11.6. The number of hydrogen-bond acceptors (Lipinski definition) is 7. The zero-order valence-corrected chi connectivity index (χ0v) is 24.6. The van der Waals surface area contributed by atoms with Crippen LogP contribution in [0.5, 0.6) is 0 Å². The van der Waals surface area contributed by atoms with Gasteiger partial charge in [0.15, 0.2) is 0 Å². The van der Waals surface area contributed by atoms with Crippen molar-refractivity contribution >= 4 is 41.3 Å². The van der Waals surface area contributed by atoms with Gasteiger partial charge < -0.3 is 14.9 Å². The molecule has 2 N–H and O–H groups in total. The van der Waals surface area contributed by atoms with Crippen molar-refractivity contribution in [3.8, 4) is 0 Å². The van der Waals surface area contributed by atoms with E-state index in [2.05, 4.69) is 46.2 Å². The fourth-order valence-corrected chi connectivity index (χ4v) is 6.27. The second-order valence-electron chi connectivity index (χ2n) is 9.88. The first-order chi connectivity index (χ1) is 20.3. The van der Waals surface area contributed by atoms with Crippen molar-refractivity contribution in [1.82, 2.24) is 9.80 Å². The van der Waals surface area contributed by atoms with Gasteiger partial charge in [0.05, 0.1) is 6.42 Å². The molecule has 0 amide bonds. The third-order valence-corrected chi connectivity index (χ3v) is 8.46. The number of fused-ring (bicyclic) bond motifs is 2. The van der Waals surface area contributed by atoms with Crippen LogP contribution in [0.25, 0.3) is 0 Å². The fourth-order valence-electron chi connectivity index (χ4n) is 4.96. The van der Waals surface area contributed by atoms with Crippen LogP contribution in [0.2, 0.25) is 5.02 Å². The fraction of sp³-hybridized carbons (Fsp3) is 0.281. The molecule has 10 heteroatoms. The summed E-state index contributed by atoms with van der Waals surface area (Å²) in [5.74, 6) is -2.67. The number of ether oxygens (including phenoxy) is 1. The minimum atomic E-state index is -1.26. The molecule has 0 saturated carbocycles. The lowest BCUT2D eigenvalue weighted by Gasteiger charge is -2.39. The highest BCUT2D eigenvalue weighted by Gasteiger charge is 2.30. The standard InChI is InChI=1S/C28H29ClN2O2S.C4H4O4/c29-23-10-11-26-22(19-23)20-25(24-8-4-5-9-27(24)34-26)31-14-12-30(13-15-31)16-17-33-28(32)18-21-6-2-1-3-7-21;5-3(6)1-2-4(7)8/h1-11,19,25H,12-18,20H2;1-2H,(H,5,6)(H,7,8)/b;2-1-. The predicted octanol–water partition coefficient (Wildman–Crippen LogP) is 5.20. The quantitative estimate of drug-likeness (QED) is 0.263. The van der Waals surface area contributed by atoms with Crippen LogP contribution in [-0.2, 0) is 32.0 Å². The lowest BCUT2D eigenvalue weighted by atomic mass is 9.96. The third kappa shape index (κ3) is 9.46. The Labute approximate surface area is 254 Å². The number of piperazine rings is 1. The van der Waals surface area contributed by atoms with Gasteiger partial charge in [0.25, 0.3) is 0 Å². The van der Waals surface area contributed by atoms with E-state index >= 15 is 0 Å². The Morgan fingerprint density at radius 3 is 2.24 bits per heavy atom. The molecule has 0 bridgehead atoms. The van der Waals surface area contributed by atoms with E-state index in [-0.39, 0.29) is 5.97 Å². The van der Waals surface area contributed by atoms with Crippen molar-refractivity contribution in [3.05, 3.63) is 107 Å². The number of carbonyl (C=O) groups excluding carboxylic acids is 1. The molecule has 0 aromatic heterocycles. The van der Waals surface area contributed by atoms with E-state index in [1.165, 1.54) is 20.9 Å². The van der Waals surface area contributed by atoms with Gasteiger partial charge in [0.1, 0.15) is 6.61 Å². The van der Waals surface area contributed by atoms with E-state index in [0.717, 1.165) is 49.7 Å². The van der Waals surface area contributed by atoms with Crippen molar-refractivity contribution in [2.75, 3.05) is 39.3 Å². The Morgan fingerprint density at radius 1 is 0.881 bits per heavy atom. The van der Waals surface area contributed by atoms with E-state index in [9.17, 15) is 14.4 Å². The first-order valence-corrected chi connectivity index (χ1v) is 14.8. The van der Waals surface area contributed by atoms with Gasteiger partial charge in [-0.15, -0.1) is 0 Å². The van der Waals surface area contributed by atoms with Crippen LogP contribution >= 0.6 is 23.4 Å². The molecule has 0 aliphatic carbocycles. The number of hydrogen-bond donors (Lipinski definition) is 2. The Balaban J connectivity index is 0.000000446. The second kappa shape index (κ2) is 15.6.